The lowest BCUT2D eigenvalue weighted by atomic mass is 10.3. The number of benzene rings is 1. The van der Waals surface area contributed by atoms with Crippen molar-refractivity contribution < 1.29 is 30.3 Å². The minimum absolute atomic E-state index is 0.481. The number of hydrazone groups is 1. The number of anilines is 1. The van der Waals surface area contributed by atoms with Gasteiger partial charge in [0.2, 0.25) is 5.97 Å². The first kappa shape index (κ1) is 16.2. The van der Waals surface area contributed by atoms with Crippen LogP contribution in [0, 0.1) is 6.20 Å². The summed E-state index contributed by atoms with van der Waals surface area (Å²) in [6.45, 7) is 0. The van der Waals surface area contributed by atoms with Gasteiger partial charge in [0.25, 0.3) is 20.2 Å². The Hall–Kier alpha value is -2.22. The van der Waals surface area contributed by atoms with Crippen LogP contribution in [0.1, 0.15) is 0 Å². The zero-order chi connectivity index (χ0) is 16.5. The molecule has 0 fully saturated rings. The summed E-state index contributed by atoms with van der Waals surface area (Å²) in [5, 5.41) is 3.82. The van der Waals surface area contributed by atoms with E-state index in [2.05, 4.69) is 22.2 Å². The molecule has 0 saturated carbocycles. The van der Waals surface area contributed by atoms with Crippen molar-refractivity contribution in [2.24, 2.45) is 5.10 Å². The van der Waals surface area contributed by atoms with Crippen molar-refractivity contribution in [3.05, 3.63) is 30.5 Å². The molecule has 119 valence electrons. The molecular weight excluding hydrogens is 343 g/mol. The van der Waals surface area contributed by atoms with Gasteiger partial charge >= 0.3 is 0 Å². The monoisotopic (exact) mass is 351 g/mol. The first-order valence-corrected chi connectivity index (χ1v) is 8.20. The van der Waals surface area contributed by atoms with Crippen LogP contribution in [0.15, 0.2) is 39.2 Å². The third-order valence-electron chi connectivity index (χ3n) is 2.31. The molecular formula is C9H8FN4O6S2. The Morgan fingerprint density at radius 1 is 1.23 bits per heavy atom. The topological polar surface area (TPSA) is 148 Å². The number of hydrogen-bond donors (Lipinski definition) is 4. The summed E-state index contributed by atoms with van der Waals surface area (Å²) in [7, 11) is -9.35. The van der Waals surface area contributed by atoms with Gasteiger partial charge in [-0.2, -0.15) is 21.2 Å². The first-order chi connectivity index (χ1) is 10.1. The standard InChI is InChI=1S/C9H8FN4O6S2/c10-9-3-4-11-14(13-9)12-7-5-6(21(15,16)17)1-2-8(7)22(18,19)20/h1-3,5,11-12H,(H,15,16,17)(H,18,19,20). The van der Waals surface area contributed by atoms with Crippen LogP contribution in [0.3, 0.4) is 0 Å². The highest BCUT2D eigenvalue weighted by atomic mass is 32.2. The second-order valence-electron chi connectivity index (χ2n) is 3.85. The van der Waals surface area contributed by atoms with Gasteiger partial charge in [0.15, 0.2) is 0 Å². The Bertz CT molecular complexity index is 864. The zero-order valence-electron chi connectivity index (χ0n) is 10.4. The van der Waals surface area contributed by atoms with Crippen LogP contribution < -0.4 is 10.9 Å². The molecule has 0 saturated heterocycles. The highest BCUT2D eigenvalue weighted by molar-refractivity contribution is 7.86. The molecule has 0 atom stereocenters. The molecule has 0 bridgehead atoms. The molecule has 1 aliphatic rings. The fraction of sp³-hybridized carbons (Fsp3) is 0. The minimum Gasteiger partial charge on any atom is -0.282 e. The Morgan fingerprint density at radius 2 is 1.91 bits per heavy atom. The first-order valence-electron chi connectivity index (χ1n) is 5.32. The van der Waals surface area contributed by atoms with E-state index in [1.54, 1.807) is 0 Å². The van der Waals surface area contributed by atoms with Crippen molar-refractivity contribution in [2.75, 3.05) is 5.43 Å². The molecule has 1 radical (unpaired) electrons. The van der Waals surface area contributed by atoms with E-state index >= 15 is 0 Å². The molecule has 10 nitrogen and oxygen atoms in total. The molecule has 4 N–H and O–H groups in total. The van der Waals surface area contributed by atoms with Crippen molar-refractivity contribution in [1.82, 2.24) is 10.7 Å². The highest BCUT2D eigenvalue weighted by Crippen LogP contribution is 2.25. The Balaban J connectivity index is 2.49. The Kier molecular flexibility index (Phi) is 4.06. The van der Waals surface area contributed by atoms with Crippen molar-refractivity contribution in [1.29, 1.82) is 0 Å². The molecule has 0 spiro atoms. The van der Waals surface area contributed by atoms with Gasteiger partial charge in [-0.1, -0.05) is 0 Å². The van der Waals surface area contributed by atoms with Crippen LogP contribution in [-0.4, -0.2) is 37.1 Å². The van der Waals surface area contributed by atoms with Gasteiger partial charge in [-0.05, 0) is 18.2 Å². The van der Waals surface area contributed by atoms with Gasteiger partial charge < -0.3 is 0 Å². The third kappa shape index (κ3) is 3.70. The summed E-state index contributed by atoms with van der Waals surface area (Å²) >= 11 is 0. The van der Waals surface area contributed by atoms with Crippen LogP contribution >= 0.6 is 0 Å². The third-order valence-corrected chi connectivity index (χ3v) is 4.07. The van der Waals surface area contributed by atoms with Gasteiger partial charge in [-0.25, -0.2) is 0 Å². The van der Waals surface area contributed by atoms with Gasteiger partial charge in [0.1, 0.15) is 4.90 Å². The van der Waals surface area contributed by atoms with E-state index in [-0.39, 0.29) is 0 Å². The normalized spacial score (nSPS) is 15.2. The van der Waals surface area contributed by atoms with Crippen LogP contribution in [0.5, 0.6) is 0 Å². The van der Waals surface area contributed by atoms with Crippen LogP contribution in [-0.2, 0) is 20.2 Å². The summed E-state index contributed by atoms with van der Waals surface area (Å²) in [6.07, 6.45) is 3.05. The average Bonchev–Trinajstić information content (AvgIpc) is 2.36. The predicted octanol–water partition coefficient (Wildman–Crippen LogP) is -0.0730. The smallest absolute Gasteiger partial charge is 0.282 e. The van der Waals surface area contributed by atoms with E-state index in [9.17, 15) is 21.2 Å². The van der Waals surface area contributed by atoms with Gasteiger partial charge in [0, 0.05) is 6.08 Å². The average molecular weight is 351 g/mol. The van der Waals surface area contributed by atoms with Gasteiger partial charge in [-0.15, -0.1) is 10.3 Å². The number of hydrogen-bond acceptors (Lipinski definition) is 8. The maximum atomic E-state index is 12.9. The second-order valence-corrected chi connectivity index (χ2v) is 6.67. The molecule has 1 aliphatic heterocycles. The number of halogens is 1. The molecule has 22 heavy (non-hydrogen) atoms. The fourth-order valence-corrected chi connectivity index (χ4v) is 2.58. The zero-order valence-corrected chi connectivity index (χ0v) is 12.1. The van der Waals surface area contributed by atoms with Crippen LogP contribution in [0.4, 0.5) is 10.1 Å². The van der Waals surface area contributed by atoms with Crippen LogP contribution in [0.25, 0.3) is 0 Å². The van der Waals surface area contributed by atoms with Crippen molar-refractivity contribution >= 4 is 31.9 Å². The highest BCUT2D eigenvalue weighted by Gasteiger charge is 2.21. The van der Waals surface area contributed by atoms with E-state index in [1.165, 1.54) is 0 Å². The van der Waals surface area contributed by atoms with Crippen molar-refractivity contribution in [3.8, 4) is 0 Å². The van der Waals surface area contributed by atoms with Crippen molar-refractivity contribution in [2.45, 2.75) is 9.79 Å². The predicted molar refractivity (Wildman–Crippen MR) is 71.0 cm³/mol. The molecule has 0 aromatic heterocycles. The maximum Gasteiger partial charge on any atom is 0.296 e. The Morgan fingerprint density at radius 3 is 2.45 bits per heavy atom. The lowest BCUT2D eigenvalue weighted by molar-refractivity contribution is 0.270. The summed E-state index contributed by atoms with van der Waals surface area (Å²) < 4.78 is 75.6. The quantitative estimate of drug-likeness (QED) is 0.547. The summed E-state index contributed by atoms with van der Waals surface area (Å²) in [5.74, 6) is -0.981. The SMILES string of the molecule is O=S(=O)(O)c1ccc(S(=O)(=O)O)c(NN2N=C(F)C=[C]N2)c1. The molecule has 0 unspecified atom stereocenters. The van der Waals surface area contributed by atoms with E-state index < -0.39 is 41.7 Å². The fourth-order valence-electron chi connectivity index (χ4n) is 1.45. The number of nitrogens with zero attached hydrogens (tertiary/aromatic N) is 2. The van der Waals surface area contributed by atoms with E-state index in [1.807, 2.05) is 0 Å². The van der Waals surface area contributed by atoms with Gasteiger partial charge in [-0.3, -0.25) is 20.0 Å². The van der Waals surface area contributed by atoms with Crippen molar-refractivity contribution in [3.63, 3.8) is 0 Å². The molecule has 1 aromatic rings. The molecule has 1 aromatic carbocycles. The molecule has 1 heterocycles. The number of hydrazine groups is 2. The lowest BCUT2D eigenvalue weighted by Gasteiger charge is -2.22. The summed E-state index contributed by atoms with van der Waals surface area (Å²) in [4.78, 5) is -1.37. The molecule has 2 rings (SSSR count). The van der Waals surface area contributed by atoms with E-state index in [0.717, 1.165) is 18.2 Å². The van der Waals surface area contributed by atoms with E-state index in [4.69, 9.17) is 9.11 Å². The molecule has 0 aliphatic carbocycles. The lowest BCUT2D eigenvalue weighted by Crippen LogP contribution is -2.38. The number of nitrogens with one attached hydrogen (secondary N) is 2. The maximum absolute atomic E-state index is 12.9. The van der Waals surface area contributed by atoms with Crippen LogP contribution in [0.2, 0.25) is 0 Å². The Labute approximate surface area is 124 Å². The second kappa shape index (κ2) is 5.53. The summed E-state index contributed by atoms with van der Waals surface area (Å²) in [5.41, 5.74) is 3.95. The number of allylic oxidation sites excluding steroid dienone is 1. The molecule has 13 heteroatoms. The van der Waals surface area contributed by atoms with Gasteiger partial charge in [0.05, 0.1) is 16.8 Å². The minimum atomic E-state index is -4.72. The molecule has 0 amide bonds. The van der Waals surface area contributed by atoms with E-state index in [0.29, 0.717) is 11.3 Å². The summed E-state index contributed by atoms with van der Waals surface area (Å²) in [6, 6.07) is 2.22. The number of rotatable bonds is 4. The largest absolute Gasteiger partial charge is 0.296 e.